The molecule has 19 heavy (non-hydrogen) atoms. The van der Waals surface area contributed by atoms with E-state index in [1.807, 2.05) is 6.92 Å². The summed E-state index contributed by atoms with van der Waals surface area (Å²) in [6.07, 6.45) is 3.97. The predicted octanol–water partition coefficient (Wildman–Crippen LogP) is 1.53. The first-order valence-corrected chi connectivity index (χ1v) is 6.70. The molecule has 0 amide bonds. The van der Waals surface area contributed by atoms with Gasteiger partial charge in [-0.1, -0.05) is 0 Å². The van der Waals surface area contributed by atoms with E-state index in [9.17, 15) is 0 Å². The molecule has 0 aromatic carbocycles. The van der Waals surface area contributed by atoms with E-state index < -0.39 is 0 Å². The number of hydrogen-bond donors (Lipinski definition) is 1. The molecule has 0 radical (unpaired) electrons. The van der Waals surface area contributed by atoms with E-state index in [2.05, 4.69) is 20.2 Å². The number of anilines is 2. The van der Waals surface area contributed by atoms with Gasteiger partial charge in [0.2, 0.25) is 5.75 Å². The van der Waals surface area contributed by atoms with Crippen LogP contribution in [0.4, 0.5) is 11.6 Å². The van der Waals surface area contributed by atoms with Gasteiger partial charge in [0.05, 0.1) is 13.2 Å². The Labute approximate surface area is 114 Å². The predicted molar refractivity (Wildman–Crippen MR) is 75.0 cm³/mol. The van der Waals surface area contributed by atoms with Gasteiger partial charge < -0.3 is 19.7 Å². The van der Waals surface area contributed by atoms with Crippen LogP contribution >= 0.6 is 0 Å². The quantitative estimate of drug-likeness (QED) is 0.872. The van der Waals surface area contributed by atoms with Gasteiger partial charge in [-0.2, -0.15) is 0 Å². The first-order valence-electron chi connectivity index (χ1n) is 6.70. The van der Waals surface area contributed by atoms with Crippen LogP contribution in [0.2, 0.25) is 0 Å². The van der Waals surface area contributed by atoms with Crippen LogP contribution in [-0.2, 0) is 4.74 Å². The maximum Gasteiger partial charge on any atom is 0.204 e. The Bertz CT molecular complexity index is 406. The lowest BCUT2D eigenvalue weighted by molar-refractivity contribution is 0.0817. The van der Waals surface area contributed by atoms with Gasteiger partial charge in [-0.25, -0.2) is 9.97 Å². The number of rotatable bonds is 5. The lowest BCUT2D eigenvalue weighted by atomic mass is 10.1. The van der Waals surface area contributed by atoms with E-state index >= 15 is 0 Å². The Morgan fingerprint density at radius 3 is 2.63 bits per heavy atom. The third kappa shape index (κ3) is 3.07. The molecule has 1 aromatic rings. The van der Waals surface area contributed by atoms with Crippen molar-refractivity contribution in [3.63, 3.8) is 0 Å². The van der Waals surface area contributed by atoms with Crippen molar-refractivity contribution in [1.82, 2.24) is 9.97 Å². The van der Waals surface area contributed by atoms with Gasteiger partial charge in [-0.05, 0) is 19.8 Å². The highest BCUT2D eigenvalue weighted by atomic mass is 16.5. The number of nitrogens with zero attached hydrogens (tertiary/aromatic N) is 3. The van der Waals surface area contributed by atoms with Crippen molar-refractivity contribution in [1.29, 1.82) is 0 Å². The highest BCUT2D eigenvalue weighted by molar-refractivity contribution is 5.64. The summed E-state index contributed by atoms with van der Waals surface area (Å²) in [6.45, 7) is 4.69. The Morgan fingerprint density at radius 1 is 1.32 bits per heavy atom. The van der Waals surface area contributed by atoms with E-state index in [0.29, 0.717) is 6.10 Å². The van der Waals surface area contributed by atoms with Gasteiger partial charge in [0.1, 0.15) is 6.33 Å². The summed E-state index contributed by atoms with van der Waals surface area (Å²) in [4.78, 5) is 10.8. The molecule has 0 bridgehead atoms. The average Bonchev–Trinajstić information content (AvgIpc) is 2.47. The van der Waals surface area contributed by atoms with Crippen LogP contribution < -0.4 is 15.0 Å². The summed E-state index contributed by atoms with van der Waals surface area (Å²) >= 11 is 0. The lowest BCUT2D eigenvalue weighted by Crippen LogP contribution is -2.37. The molecule has 0 spiro atoms. The number of methoxy groups -OCH3 is 2. The Kier molecular flexibility index (Phi) is 4.79. The van der Waals surface area contributed by atoms with Gasteiger partial charge in [-0.15, -0.1) is 0 Å². The lowest BCUT2D eigenvalue weighted by Gasteiger charge is -2.32. The molecule has 1 aliphatic rings. The van der Waals surface area contributed by atoms with Crippen LogP contribution in [-0.4, -0.2) is 49.9 Å². The van der Waals surface area contributed by atoms with Crippen molar-refractivity contribution < 1.29 is 9.47 Å². The molecule has 106 valence electrons. The van der Waals surface area contributed by atoms with Gasteiger partial charge in [0, 0.05) is 26.7 Å². The van der Waals surface area contributed by atoms with Gasteiger partial charge in [0.15, 0.2) is 11.6 Å². The fourth-order valence-corrected chi connectivity index (χ4v) is 2.37. The normalized spacial score (nSPS) is 16.5. The molecule has 6 heteroatoms. The fraction of sp³-hybridized carbons (Fsp3) is 0.692. The number of piperidine rings is 1. The first-order chi connectivity index (χ1) is 9.30. The number of ether oxygens (including phenoxy) is 2. The second-order valence-electron chi connectivity index (χ2n) is 4.53. The van der Waals surface area contributed by atoms with E-state index in [0.717, 1.165) is 49.9 Å². The zero-order chi connectivity index (χ0) is 13.7. The van der Waals surface area contributed by atoms with Crippen molar-refractivity contribution in [3.8, 4) is 5.75 Å². The summed E-state index contributed by atoms with van der Waals surface area (Å²) in [7, 11) is 3.43. The minimum absolute atomic E-state index is 0.359. The summed E-state index contributed by atoms with van der Waals surface area (Å²) < 4.78 is 10.9. The minimum Gasteiger partial charge on any atom is -0.490 e. The largest absolute Gasteiger partial charge is 0.490 e. The number of nitrogens with one attached hydrogen (secondary N) is 1. The molecule has 1 aliphatic heterocycles. The zero-order valence-corrected chi connectivity index (χ0v) is 11.8. The summed E-state index contributed by atoms with van der Waals surface area (Å²) in [6, 6.07) is 0. The molecule has 1 saturated heterocycles. The number of aromatic nitrogens is 2. The van der Waals surface area contributed by atoms with Gasteiger partial charge in [0.25, 0.3) is 0 Å². The average molecular weight is 266 g/mol. The fourth-order valence-electron chi connectivity index (χ4n) is 2.37. The van der Waals surface area contributed by atoms with Crippen LogP contribution in [0, 0.1) is 0 Å². The first kappa shape index (κ1) is 13.9. The maximum atomic E-state index is 5.48. The molecule has 0 saturated carbocycles. The third-order valence-electron chi connectivity index (χ3n) is 3.41. The molecule has 0 atom stereocenters. The Balaban J connectivity index is 2.17. The van der Waals surface area contributed by atoms with Crippen LogP contribution in [0.1, 0.15) is 19.8 Å². The topological polar surface area (TPSA) is 59.5 Å². The monoisotopic (exact) mass is 266 g/mol. The van der Waals surface area contributed by atoms with Crippen molar-refractivity contribution >= 4 is 11.6 Å². The zero-order valence-electron chi connectivity index (χ0n) is 11.8. The van der Waals surface area contributed by atoms with Crippen molar-refractivity contribution in [2.75, 3.05) is 44.1 Å². The SMILES string of the molecule is CCNc1ncnc(N2CCC(OC)CC2)c1OC. The third-order valence-corrected chi connectivity index (χ3v) is 3.41. The summed E-state index contributed by atoms with van der Waals surface area (Å²) in [5, 5.41) is 3.20. The second-order valence-corrected chi connectivity index (χ2v) is 4.53. The smallest absolute Gasteiger partial charge is 0.204 e. The van der Waals surface area contributed by atoms with E-state index in [-0.39, 0.29) is 0 Å². The molecule has 6 nitrogen and oxygen atoms in total. The molecule has 0 unspecified atom stereocenters. The molecule has 1 fully saturated rings. The Hall–Kier alpha value is -1.56. The van der Waals surface area contributed by atoms with E-state index in [4.69, 9.17) is 9.47 Å². The minimum atomic E-state index is 0.359. The molecular weight excluding hydrogens is 244 g/mol. The van der Waals surface area contributed by atoms with Crippen LogP contribution in [0.25, 0.3) is 0 Å². The summed E-state index contributed by atoms with van der Waals surface area (Å²) in [5.41, 5.74) is 0. The summed E-state index contributed by atoms with van der Waals surface area (Å²) in [5.74, 6) is 2.34. The number of hydrogen-bond acceptors (Lipinski definition) is 6. The van der Waals surface area contributed by atoms with E-state index in [1.54, 1.807) is 20.5 Å². The van der Waals surface area contributed by atoms with Crippen LogP contribution in [0.15, 0.2) is 6.33 Å². The Morgan fingerprint density at radius 2 is 2.05 bits per heavy atom. The van der Waals surface area contributed by atoms with Crippen LogP contribution in [0.3, 0.4) is 0 Å². The van der Waals surface area contributed by atoms with Crippen molar-refractivity contribution in [2.45, 2.75) is 25.9 Å². The van der Waals surface area contributed by atoms with Gasteiger partial charge >= 0.3 is 0 Å². The standard InChI is InChI=1S/C13H22N4O2/c1-4-14-12-11(19-3)13(16-9-15-12)17-7-5-10(18-2)6-8-17/h9-10H,4-8H2,1-3H3,(H,14,15,16). The molecular formula is C13H22N4O2. The molecule has 1 N–H and O–H groups in total. The van der Waals surface area contributed by atoms with Gasteiger partial charge in [-0.3, -0.25) is 0 Å². The molecule has 1 aromatic heterocycles. The van der Waals surface area contributed by atoms with Crippen LogP contribution in [0.5, 0.6) is 5.75 Å². The van der Waals surface area contributed by atoms with Crippen molar-refractivity contribution in [3.05, 3.63) is 6.33 Å². The molecule has 2 rings (SSSR count). The molecule has 2 heterocycles. The second kappa shape index (κ2) is 6.56. The highest BCUT2D eigenvalue weighted by Crippen LogP contribution is 2.33. The van der Waals surface area contributed by atoms with E-state index in [1.165, 1.54) is 0 Å². The van der Waals surface area contributed by atoms with Crippen molar-refractivity contribution in [2.24, 2.45) is 0 Å². The molecule has 0 aliphatic carbocycles. The maximum absolute atomic E-state index is 5.48. The highest BCUT2D eigenvalue weighted by Gasteiger charge is 2.23.